The highest BCUT2D eigenvalue weighted by Gasteiger charge is 2.31. The van der Waals surface area contributed by atoms with Crippen molar-refractivity contribution in [3.63, 3.8) is 0 Å². The van der Waals surface area contributed by atoms with Gasteiger partial charge in [0.2, 0.25) is 0 Å². The van der Waals surface area contributed by atoms with Gasteiger partial charge in [-0.1, -0.05) is 24.3 Å². The molecule has 2 N–H and O–H groups in total. The van der Waals surface area contributed by atoms with E-state index in [1.807, 2.05) is 37.2 Å². The van der Waals surface area contributed by atoms with Crippen molar-refractivity contribution in [3.05, 3.63) is 47.7 Å². The summed E-state index contributed by atoms with van der Waals surface area (Å²) < 4.78 is 5.89. The molecule has 2 aromatic rings. The van der Waals surface area contributed by atoms with Crippen molar-refractivity contribution in [2.75, 3.05) is 19.0 Å². The van der Waals surface area contributed by atoms with Gasteiger partial charge in [0, 0.05) is 26.7 Å². The first-order valence-electron chi connectivity index (χ1n) is 6.65. The summed E-state index contributed by atoms with van der Waals surface area (Å²) in [6.07, 6.45) is 2.39. The lowest BCUT2D eigenvalue weighted by atomic mass is 10.1. The van der Waals surface area contributed by atoms with E-state index in [0.717, 1.165) is 17.8 Å². The second-order valence-electron chi connectivity index (χ2n) is 5.18. The average Bonchev–Trinajstić information content (AvgIpc) is 2.76. The number of hydrogen-bond acceptors (Lipinski definition) is 5. The van der Waals surface area contributed by atoms with Crippen LogP contribution in [0.15, 0.2) is 36.5 Å². The van der Waals surface area contributed by atoms with E-state index in [4.69, 9.17) is 10.5 Å². The van der Waals surface area contributed by atoms with Crippen molar-refractivity contribution >= 4 is 5.82 Å². The minimum atomic E-state index is -0.127. The average molecular weight is 270 g/mol. The van der Waals surface area contributed by atoms with E-state index in [9.17, 15) is 0 Å². The molecular weight excluding hydrogens is 252 g/mol. The second kappa shape index (κ2) is 5.09. The molecule has 104 valence electrons. The number of nitrogens with two attached hydrogens (primary N) is 1. The Balaban J connectivity index is 1.78. The van der Waals surface area contributed by atoms with E-state index in [-0.39, 0.29) is 12.1 Å². The Hall–Kier alpha value is -2.14. The van der Waals surface area contributed by atoms with Crippen LogP contribution in [0.4, 0.5) is 5.82 Å². The van der Waals surface area contributed by atoms with Crippen molar-refractivity contribution in [1.82, 2.24) is 9.97 Å². The molecule has 3 rings (SSSR count). The number of anilines is 1. The van der Waals surface area contributed by atoms with Gasteiger partial charge in [0.05, 0.1) is 6.04 Å². The van der Waals surface area contributed by atoms with Gasteiger partial charge in [-0.25, -0.2) is 4.98 Å². The maximum Gasteiger partial charge on any atom is 0.318 e. The largest absolute Gasteiger partial charge is 0.458 e. The van der Waals surface area contributed by atoms with Crippen LogP contribution < -0.4 is 15.4 Å². The summed E-state index contributed by atoms with van der Waals surface area (Å²) in [5.41, 5.74) is 8.64. The van der Waals surface area contributed by atoms with Crippen LogP contribution in [0.2, 0.25) is 0 Å². The highest BCUT2D eigenvalue weighted by atomic mass is 16.5. The molecule has 0 saturated carbocycles. The summed E-state index contributed by atoms with van der Waals surface area (Å²) in [5, 5.41) is 0. The van der Waals surface area contributed by atoms with Gasteiger partial charge in [-0.3, -0.25) is 0 Å². The number of ether oxygens (including phenoxy) is 1. The van der Waals surface area contributed by atoms with E-state index >= 15 is 0 Å². The lowest BCUT2D eigenvalue weighted by Crippen LogP contribution is -2.28. The van der Waals surface area contributed by atoms with Gasteiger partial charge in [0.1, 0.15) is 11.9 Å². The molecule has 0 saturated heterocycles. The first-order chi connectivity index (χ1) is 9.65. The summed E-state index contributed by atoms with van der Waals surface area (Å²) in [6, 6.07) is 10.3. The molecule has 5 nitrogen and oxygen atoms in total. The predicted octanol–water partition coefficient (Wildman–Crippen LogP) is 1.55. The normalized spacial score (nSPS) is 20.6. The third-order valence-electron chi connectivity index (χ3n) is 3.57. The van der Waals surface area contributed by atoms with Gasteiger partial charge < -0.3 is 15.4 Å². The maximum atomic E-state index is 6.25. The fourth-order valence-electron chi connectivity index (χ4n) is 2.48. The molecule has 5 heteroatoms. The van der Waals surface area contributed by atoms with Gasteiger partial charge >= 0.3 is 6.01 Å². The van der Waals surface area contributed by atoms with Crippen molar-refractivity contribution in [1.29, 1.82) is 0 Å². The molecular formula is C15H18N4O. The van der Waals surface area contributed by atoms with Crippen LogP contribution in [0.5, 0.6) is 6.01 Å². The summed E-state index contributed by atoms with van der Waals surface area (Å²) in [4.78, 5) is 10.5. The van der Waals surface area contributed by atoms with Crippen molar-refractivity contribution in [2.45, 2.75) is 18.6 Å². The SMILES string of the molecule is CN(C)c1ccnc(OC2Cc3ccccc3C2N)n1. The topological polar surface area (TPSA) is 64.3 Å². The first-order valence-corrected chi connectivity index (χ1v) is 6.65. The lowest BCUT2D eigenvalue weighted by Gasteiger charge is -2.18. The van der Waals surface area contributed by atoms with Crippen LogP contribution in [0.25, 0.3) is 0 Å². The highest BCUT2D eigenvalue weighted by Crippen LogP contribution is 2.31. The van der Waals surface area contributed by atoms with E-state index in [1.165, 1.54) is 5.56 Å². The smallest absolute Gasteiger partial charge is 0.318 e. The Bertz CT molecular complexity index is 614. The molecule has 1 aliphatic rings. The molecule has 1 heterocycles. The Morgan fingerprint density at radius 3 is 2.80 bits per heavy atom. The van der Waals surface area contributed by atoms with Crippen LogP contribution in [0, 0.1) is 0 Å². The third-order valence-corrected chi connectivity index (χ3v) is 3.57. The number of aromatic nitrogens is 2. The van der Waals surface area contributed by atoms with Crippen LogP contribution in [-0.4, -0.2) is 30.2 Å². The molecule has 20 heavy (non-hydrogen) atoms. The van der Waals surface area contributed by atoms with E-state index in [2.05, 4.69) is 22.1 Å². The van der Waals surface area contributed by atoms with Crippen LogP contribution in [0.3, 0.4) is 0 Å². The number of fused-ring (bicyclic) bond motifs is 1. The molecule has 2 atom stereocenters. The zero-order valence-corrected chi connectivity index (χ0v) is 11.7. The molecule has 0 amide bonds. The summed E-state index contributed by atoms with van der Waals surface area (Å²) in [7, 11) is 3.87. The molecule has 0 radical (unpaired) electrons. The highest BCUT2D eigenvalue weighted by molar-refractivity contribution is 5.38. The maximum absolute atomic E-state index is 6.25. The number of nitrogens with zero attached hydrogens (tertiary/aromatic N) is 3. The fourth-order valence-corrected chi connectivity index (χ4v) is 2.48. The quantitative estimate of drug-likeness (QED) is 0.916. The summed E-state index contributed by atoms with van der Waals surface area (Å²) >= 11 is 0. The molecule has 0 fully saturated rings. The van der Waals surface area contributed by atoms with Crippen molar-refractivity contribution in [3.8, 4) is 6.01 Å². The minimum Gasteiger partial charge on any atom is -0.458 e. The fraction of sp³-hybridized carbons (Fsp3) is 0.333. The predicted molar refractivity (Wildman–Crippen MR) is 77.8 cm³/mol. The molecule has 2 unspecified atom stereocenters. The van der Waals surface area contributed by atoms with Gasteiger partial charge in [-0.2, -0.15) is 4.98 Å². The Morgan fingerprint density at radius 1 is 1.25 bits per heavy atom. The van der Waals surface area contributed by atoms with Crippen molar-refractivity contribution in [2.24, 2.45) is 5.73 Å². The molecule has 1 aliphatic carbocycles. The third kappa shape index (κ3) is 2.32. The Morgan fingerprint density at radius 2 is 2.05 bits per heavy atom. The minimum absolute atomic E-state index is 0.107. The van der Waals surface area contributed by atoms with E-state index in [1.54, 1.807) is 6.20 Å². The Labute approximate surface area is 118 Å². The number of rotatable bonds is 3. The molecule has 0 aliphatic heterocycles. The van der Waals surface area contributed by atoms with Crippen LogP contribution >= 0.6 is 0 Å². The molecule has 1 aromatic carbocycles. The summed E-state index contributed by atoms with van der Waals surface area (Å²) in [5.74, 6) is 0.819. The standard InChI is InChI=1S/C15H18N4O/c1-19(2)13-7-8-17-15(18-13)20-12-9-10-5-3-4-6-11(10)14(12)16/h3-8,12,14H,9,16H2,1-2H3. The van der Waals surface area contributed by atoms with Gasteiger partial charge in [0.15, 0.2) is 0 Å². The van der Waals surface area contributed by atoms with E-state index in [0.29, 0.717) is 6.01 Å². The Kier molecular flexibility index (Phi) is 3.28. The number of benzene rings is 1. The number of hydrogen-bond donors (Lipinski definition) is 1. The van der Waals surface area contributed by atoms with Gasteiger partial charge in [-0.05, 0) is 17.2 Å². The zero-order valence-electron chi connectivity index (χ0n) is 11.7. The van der Waals surface area contributed by atoms with Gasteiger partial charge in [0.25, 0.3) is 0 Å². The lowest BCUT2D eigenvalue weighted by molar-refractivity contribution is 0.169. The van der Waals surface area contributed by atoms with Gasteiger partial charge in [-0.15, -0.1) is 0 Å². The zero-order chi connectivity index (χ0) is 14.1. The van der Waals surface area contributed by atoms with Crippen LogP contribution in [-0.2, 0) is 6.42 Å². The molecule has 0 bridgehead atoms. The first kappa shape index (κ1) is 12.9. The summed E-state index contributed by atoms with van der Waals surface area (Å²) in [6.45, 7) is 0. The van der Waals surface area contributed by atoms with Crippen molar-refractivity contribution < 1.29 is 4.74 Å². The second-order valence-corrected chi connectivity index (χ2v) is 5.18. The monoisotopic (exact) mass is 270 g/mol. The van der Waals surface area contributed by atoms with Crippen LogP contribution in [0.1, 0.15) is 17.2 Å². The molecule has 0 spiro atoms. The molecule has 1 aromatic heterocycles. The van der Waals surface area contributed by atoms with E-state index < -0.39 is 0 Å².